The number of hydrogen-bond acceptors (Lipinski definition) is 4. The van der Waals surface area contributed by atoms with Crippen LogP contribution in [0.2, 0.25) is 5.02 Å². The lowest BCUT2D eigenvalue weighted by Crippen LogP contribution is -2.39. The highest BCUT2D eigenvalue weighted by Crippen LogP contribution is 2.54. The highest BCUT2D eigenvalue weighted by atomic mass is 35.5. The molecule has 0 saturated heterocycles. The van der Waals surface area contributed by atoms with Gasteiger partial charge in [-0.1, -0.05) is 11.6 Å². The van der Waals surface area contributed by atoms with Gasteiger partial charge < -0.3 is 16.2 Å². The fraction of sp³-hybridized carbons (Fsp3) is 0.417. The normalized spacial score (nSPS) is 32.3. The van der Waals surface area contributed by atoms with Gasteiger partial charge in [-0.25, -0.2) is 13.8 Å². The van der Waals surface area contributed by atoms with Gasteiger partial charge in [0.05, 0.1) is 5.02 Å². The Morgan fingerprint density at radius 3 is 2.89 bits per heavy atom. The molecule has 1 aliphatic heterocycles. The predicted molar refractivity (Wildman–Crippen MR) is 68.1 cm³/mol. The fourth-order valence-corrected chi connectivity index (χ4v) is 2.92. The fourth-order valence-electron chi connectivity index (χ4n) is 2.65. The molecule has 0 radical (unpaired) electrons. The van der Waals surface area contributed by atoms with E-state index in [2.05, 4.69) is 4.99 Å². The molecule has 0 aromatic heterocycles. The number of ether oxygens (including phenoxy) is 1. The number of benzene rings is 1. The van der Waals surface area contributed by atoms with Crippen LogP contribution in [0.4, 0.5) is 14.5 Å². The second kappa shape index (κ2) is 3.96. The van der Waals surface area contributed by atoms with E-state index in [1.165, 1.54) is 6.07 Å². The molecule has 1 saturated carbocycles. The molecule has 4 N–H and O–H groups in total. The van der Waals surface area contributed by atoms with Gasteiger partial charge in [0.25, 0.3) is 6.02 Å². The highest BCUT2D eigenvalue weighted by molar-refractivity contribution is 6.31. The maximum absolute atomic E-state index is 13.7. The van der Waals surface area contributed by atoms with Gasteiger partial charge in [0.15, 0.2) is 0 Å². The zero-order valence-electron chi connectivity index (χ0n) is 9.87. The number of amidine groups is 1. The molecule has 4 nitrogen and oxygen atoms in total. The summed E-state index contributed by atoms with van der Waals surface area (Å²) in [5.74, 6) is -0.884. The van der Waals surface area contributed by atoms with Crippen molar-refractivity contribution in [2.24, 2.45) is 16.6 Å². The van der Waals surface area contributed by atoms with E-state index in [-0.39, 0.29) is 34.3 Å². The molecule has 0 amide bonds. The summed E-state index contributed by atoms with van der Waals surface area (Å²) in [5, 5.41) is -0.170. The number of nitrogen functional groups attached to an aromatic ring is 1. The van der Waals surface area contributed by atoms with Gasteiger partial charge >= 0.3 is 0 Å². The molecule has 1 unspecified atom stereocenters. The topological polar surface area (TPSA) is 73.6 Å². The smallest absolute Gasteiger partial charge is 0.283 e. The van der Waals surface area contributed by atoms with Gasteiger partial charge in [-0.15, -0.1) is 0 Å². The van der Waals surface area contributed by atoms with Crippen molar-refractivity contribution in [1.29, 1.82) is 0 Å². The van der Waals surface area contributed by atoms with Crippen molar-refractivity contribution in [2.45, 2.75) is 18.1 Å². The Labute approximate surface area is 113 Å². The van der Waals surface area contributed by atoms with Crippen LogP contribution in [0, 0.1) is 11.7 Å². The van der Waals surface area contributed by atoms with Crippen LogP contribution in [0.15, 0.2) is 17.1 Å². The molecule has 1 aliphatic carbocycles. The van der Waals surface area contributed by atoms with Crippen LogP contribution in [-0.4, -0.2) is 18.8 Å². The number of anilines is 1. The third kappa shape index (κ3) is 1.74. The van der Waals surface area contributed by atoms with Crippen molar-refractivity contribution in [3.8, 4) is 0 Å². The van der Waals surface area contributed by atoms with Gasteiger partial charge in [-0.2, -0.15) is 0 Å². The van der Waals surface area contributed by atoms with Gasteiger partial charge in [-0.3, -0.25) is 0 Å². The molecule has 1 heterocycles. The first-order valence-electron chi connectivity index (χ1n) is 5.81. The van der Waals surface area contributed by atoms with E-state index in [1.807, 2.05) is 0 Å². The molecular weight excluding hydrogens is 276 g/mol. The van der Waals surface area contributed by atoms with Crippen LogP contribution in [0.1, 0.15) is 12.0 Å². The number of nitrogens with two attached hydrogens (primary N) is 2. The number of fused-ring (bicyclic) bond motifs is 1. The highest BCUT2D eigenvalue weighted by Gasteiger charge is 2.59. The Bertz CT molecular complexity index is 580. The van der Waals surface area contributed by atoms with E-state index in [4.69, 9.17) is 27.8 Å². The molecule has 3 rings (SSSR count). The van der Waals surface area contributed by atoms with Crippen LogP contribution < -0.4 is 11.5 Å². The number of hydrogen-bond donors (Lipinski definition) is 2. The molecule has 2 aliphatic rings. The van der Waals surface area contributed by atoms with E-state index >= 15 is 0 Å². The van der Waals surface area contributed by atoms with Crippen molar-refractivity contribution >= 4 is 23.3 Å². The Morgan fingerprint density at radius 2 is 2.21 bits per heavy atom. The lowest BCUT2D eigenvalue weighted by molar-refractivity contribution is 0.170. The number of halogens is 3. The largest absolute Gasteiger partial charge is 0.462 e. The number of aliphatic imine (C=N–C) groups is 1. The summed E-state index contributed by atoms with van der Waals surface area (Å²) in [6, 6.07) is 2.44. The van der Waals surface area contributed by atoms with Crippen LogP contribution in [0.5, 0.6) is 0 Å². The van der Waals surface area contributed by atoms with Crippen molar-refractivity contribution < 1.29 is 13.5 Å². The number of rotatable bonds is 2. The van der Waals surface area contributed by atoms with Gasteiger partial charge in [0.2, 0.25) is 0 Å². The SMILES string of the molecule is NC1=N[C@](CF)(c2cc(N)cc(F)c2Cl)[C@H]2CC2O1. The van der Waals surface area contributed by atoms with Crippen molar-refractivity contribution in [3.63, 3.8) is 0 Å². The lowest BCUT2D eigenvalue weighted by atomic mass is 9.85. The summed E-state index contributed by atoms with van der Waals surface area (Å²) in [6.45, 7) is -0.832. The summed E-state index contributed by atoms with van der Waals surface area (Å²) >= 11 is 5.95. The minimum Gasteiger partial charge on any atom is -0.462 e. The Hall–Kier alpha value is -1.56. The Balaban J connectivity index is 2.20. The standard InChI is InChI=1S/C12H12ClF2N3O/c13-10-7(1-5(16)2-8(10)15)12(4-14)6-3-9(6)19-11(17)18-12/h1-2,6,9H,3-4,16H2,(H2,17,18)/t6-,9?,12-/m0/s1. The minimum absolute atomic E-state index is 0.102. The third-order valence-corrected chi connectivity index (χ3v) is 4.03. The van der Waals surface area contributed by atoms with Crippen LogP contribution in [0.25, 0.3) is 0 Å². The van der Waals surface area contributed by atoms with Crippen LogP contribution >= 0.6 is 11.6 Å². The summed E-state index contributed by atoms with van der Waals surface area (Å²) in [6.07, 6.45) is 0.426. The molecule has 7 heteroatoms. The average molecular weight is 288 g/mol. The van der Waals surface area contributed by atoms with Crippen molar-refractivity contribution in [2.75, 3.05) is 12.4 Å². The van der Waals surface area contributed by atoms with Crippen LogP contribution in [-0.2, 0) is 10.3 Å². The lowest BCUT2D eigenvalue weighted by Gasteiger charge is -2.32. The minimum atomic E-state index is -1.29. The van der Waals surface area contributed by atoms with E-state index in [1.54, 1.807) is 0 Å². The number of alkyl halides is 1. The second-order valence-corrected chi connectivity index (χ2v) is 5.25. The van der Waals surface area contributed by atoms with E-state index < -0.39 is 18.0 Å². The van der Waals surface area contributed by atoms with Gasteiger partial charge in [0, 0.05) is 17.2 Å². The molecule has 102 valence electrons. The first-order valence-corrected chi connectivity index (χ1v) is 6.18. The zero-order valence-corrected chi connectivity index (χ0v) is 10.6. The van der Waals surface area contributed by atoms with E-state index in [0.29, 0.717) is 6.42 Å². The molecule has 1 fully saturated rings. The maximum atomic E-state index is 13.7. The van der Waals surface area contributed by atoms with Gasteiger partial charge in [0.1, 0.15) is 24.1 Å². The molecule has 0 bridgehead atoms. The van der Waals surface area contributed by atoms with E-state index in [0.717, 1.165) is 6.07 Å². The summed E-state index contributed by atoms with van der Waals surface area (Å²) in [4.78, 5) is 4.06. The summed E-state index contributed by atoms with van der Waals surface area (Å²) in [5.41, 5.74) is 10.3. The molecule has 1 aromatic rings. The first kappa shape index (κ1) is 12.5. The maximum Gasteiger partial charge on any atom is 0.283 e. The molecule has 19 heavy (non-hydrogen) atoms. The molecule has 3 atom stereocenters. The second-order valence-electron chi connectivity index (χ2n) is 4.87. The Morgan fingerprint density at radius 1 is 1.47 bits per heavy atom. The van der Waals surface area contributed by atoms with Crippen molar-refractivity contribution in [1.82, 2.24) is 0 Å². The summed E-state index contributed by atoms with van der Waals surface area (Å²) in [7, 11) is 0. The van der Waals surface area contributed by atoms with Crippen molar-refractivity contribution in [3.05, 3.63) is 28.5 Å². The predicted octanol–water partition coefficient (Wildman–Crippen LogP) is 1.96. The monoisotopic (exact) mass is 287 g/mol. The molecule has 0 spiro atoms. The summed E-state index contributed by atoms with van der Waals surface area (Å²) < 4.78 is 32.6. The van der Waals surface area contributed by atoms with Gasteiger partial charge in [-0.05, 0) is 18.6 Å². The average Bonchev–Trinajstić information content (AvgIpc) is 3.12. The third-order valence-electron chi connectivity index (χ3n) is 3.65. The quantitative estimate of drug-likeness (QED) is 0.817. The first-order chi connectivity index (χ1) is 8.98. The molecular formula is C12H12ClF2N3O. The Kier molecular flexibility index (Phi) is 2.60. The number of nitrogens with zero attached hydrogens (tertiary/aromatic N) is 1. The van der Waals surface area contributed by atoms with E-state index in [9.17, 15) is 8.78 Å². The molecule has 1 aromatic carbocycles. The zero-order chi connectivity index (χ0) is 13.8. The van der Waals surface area contributed by atoms with Crippen LogP contribution in [0.3, 0.4) is 0 Å².